The standard InChI is InChI=1S/C19H34N6O.HI/c1-4-20-19(21-9-10-23(2)17-7-5-6-8-17)25-11-12-26-18(15-25)16-13-22-24(3)14-16;/h13-14,17-18H,4-12,15H2,1-3H3,(H,20,21);1H. The van der Waals surface area contributed by atoms with E-state index in [9.17, 15) is 0 Å². The van der Waals surface area contributed by atoms with Crippen LogP contribution in [0.25, 0.3) is 0 Å². The van der Waals surface area contributed by atoms with Crippen molar-refractivity contribution in [1.29, 1.82) is 0 Å². The molecule has 1 N–H and O–H groups in total. The summed E-state index contributed by atoms with van der Waals surface area (Å²) in [6, 6.07) is 0.756. The van der Waals surface area contributed by atoms with Crippen molar-refractivity contribution in [2.45, 2.75) is 44.8 Å². The minimum atomic E-state index is 0. The van der Waals surface area contributed by atoms with E-state index in [1.807, 2.05) is 24.1 Å². The van der Waals surface area contributed by atoms with Crippen LogP contribution in [0, 0.1) is 0 Å². The highest BCUT2D eigenvalue weighted by atomic mass is 127. The molecule has 1 atom stereocenters. The van der Waals surface area contributed by atoms with Gasteiger partial charge in [0, 0.05) is 44.5 Å². The Balaban J connectivity index is 0.00000261. The zero-order chi connectivity index (χ0) is 18.4. The maximum Gasteiger partial charge on any atom is 0.194 e. The van der Waals surface area contributed by atoms with Gasteiger partial charge >= 0.3 is 0 Å². The number of hydrogen-bond acceptors (Lipinski definition) is 4. The highest BCUT2D eigenvalue weighted by Gasteiger charge is 2.25. The molecule has 2 aliphatic rings. The smallest absolute Gasteiger partial charge is 0.194 e. The van der Waals surface area contributed by atoms with E-state index in [0.717, 1.165) is 50.3 Å². The van der Waals surface area contributed by atoms with Gasteiger partial charge in [0.15, 0.2) is 5.96 Å². The third-order valence-electron chi connectivity index (χ3n) is 5.46. The first-order chi connectivity index (χ1) is 12.7. The normalized spacial score (nSPS) is 21.6. The maximum atomic E-state index is 5.96. The predicted octanol–water partition coefficient (Wildman–Crippen LogP) is 2.25. The van der Waals surface area contributed by atoms with Crippen LogP contribution in [0.3, 0.4) is 0 Å². The van der Waals surface area contributed by atoms with E-state index < -0.39 is 0 Å². The summed E-state index contributed by atoms with van der Waals surface area (Å²) in [7, 11) is 4.18. The number of nitrogens with one attached hydrogen (secondary N) is 1. The Kier molecular flexibility index (Phi) is 9.31. The molecular formula is C19H35IN6O. The summed E-state index contributed by atoms with van der Waals surface area (Å²) >= 11 is 0. The molecule has 3 rings (SSSR count). The Bertz CT molecular complexity index is 587. The van der Waals surface area contributed by atoms with Gasteiger partial charge in [-0.1, -0.05) is 12.8 Å². The molecule has 1 unspecified atom stereocenters. The monoisotopic (exact) mass is 490 g/mol. The number of aromatic nitrogens is 2. The lowest BCUT2D eigenvalue weighted by Crippen LogP contribution is -2.48. The van der Waals surface area contributed by atoms with Crippen LogP contribution in [0.4, 0.5) is 0 Å². The van der Waals surface area contributed by atoms with Gasteiger partial charge in [0.25, 0.3) is 0 Å². The van der Waals surface area contributed by atoms with Crippen LogP contribution in [0.1, 0.15) is 44.3 Å². The fourth-order valence-corrected chi connectivity index (χ4v) is 3.92. The SMILES string of the molecule is CCNC(=NCCN(C)C1CCCC1)N1CCOC(c2cnn(C)c2)C1.I. The summed E-state index contributed by atoms with van der Waals surface area (Å²) in [5.74, 6) is 1.00. The summed E-state index contributed by atoms with van der Waals surface area (Å²) in [4.78, 5) is 9.70. The molecule has 1 aliphatic carbocycles. The summed E-state index contributed by atoms with van der Waals surface area (Å²) < 4.78 is 7.79. The predicted molar refractivity (Wildman–Crippen MR) is 120 cm³/mol. The van der Waals surface area contributed by atoms with Crippen molar-refractivity contribution in [3.63, 3.8) is 0 Å². The average Bonchev–Trinajstić information content (AvgIpc) is 3.33. The zero-order valence-corrected chi connectivity index (χ0v) is 19.3. The number of nitrogens with zero attached hydrogens (tertiary/aromatic N) is 5. The first-order valence-electron chi connectivity index (χ1n) is 10.0. The van der Waals surface area contributed by atoms with Crippen molar-refractivity contribution >= 4 is 29.9 Å². The third kappa shape index (κ3) is 6.32. The number of guanidine groups is 1. The minimum Gasteiger partial charge on any atom is -0.370 e. The van der Waals surface area contributed by atoms with Crippen molar-refractivity contribution in [2.24, 2.45) is 12.0 Å². The molecule has 0 amide bonds. The molecule has 0 aromatic carbocycles. The highest BCUT2D eigenvalue weighted by molar-refractivity contribution is 14.0. The number of halogens is 1. The molecule has 1 aliphatic heterocycles. The molecule has 1 saturated heterocycles. The largest absolute Gasteiger partial charge is 0.370 e. The van der Waals surface area contributed by atoms with Gasteiger partial charge < -0.3 is 19.9 Å². The summed E-state index contributed by atoms with van der Waals surface area (Å²) in [5.41, 5.74) is 1.13. The summed E-state index contributed by atoms with van der Waals surface area (Å²) in [6.45, 7) is 7.27. The van der Waals surface area contributed by atoms with E-state index in [0.29, 0.717) is 6.61 Å². The van der Waals surface area contributed by atoms with Crippen molar-refractivity contribution in [3.8, 4) is 0 Å². The molecule has 0 bridgehead atoms. The van der Waals surface area contributed by atoms with Crippen LogP contribution in [-0.2, 0) is 11.8 Å². The van der Waals surface area contributed by atoms with E-state index in [2.05, 4.69) is 34.2 Å². The zero-order valence-electron chi connectivity index (χ0n) is 16.9. The van der Waals surface area contributed by atoms with Crippen molar-refractivity contribution < 1.29 is 4.74 Å². The molecule has 2 fully saturated rings. The molecule has 7 nitrogen and oxygen atoms in total. The quantitative estimate of drug-likeness (QED) is 0.377. The van der Waals surface area contributed by atoms with E-state index >= 15 is 0 Å². The van der Waals surface area contributed by atoms with E-state index in [1.165, 1.54) is 25.7 Å². The lowest BCUT2D eigenvalue weighted by atomic mass is 10.1. The molecule has 0 spiro atoms. The fraction of sp³-hybridized carbons (Fsp3) is 0.789. The topological polar surface area (TPSA) is 57.9 Å². The number of ether oxygens (including phenoxy) is 1. The number of aliphatic imine (C=N–C) groups is 1. The lowest BCUT2D eigenvalue weighted by molar-refractivity contribution is -0.00805. The maximum absolute atomic E-state index is 5.96. The molecule has 1 saturated carbocycles. The second kappa shape index (κ2) is 11.2. The third-order valence-corrected chi connectivity index (χ3v) is 5.46. The van der Waals surface area contributed by atoms with Crippen LogP contribution in [0.5, 0.6) is 0 Å². The van der Waals surface area contributed by atoms with Crippen LogP contribution in [-0.4, -0.2) is 78.0 Å². The number of aryl methyl sites for hydroxylation is 1. The van der Waals surface area contributed by atoms with Crippen molar-refractivity contribution in [1.82, 2.24) is 24.9 Å². The first kappa shape index (κ1) is 22.4. The second-order valence-corrected chi connectivity index (χ2v) is 7.41. The minimum absolute atomic E-state index is 0. The van der Waals surface area contributed by atoms with Crippen molar-refractivity contribution in [3.05, 3.63) is 18.0 Å². The molecule has 0 radical (unpaired) electrons. The molecule has 154 valence electrons. The molecule has 2 heterocycles. The number of rotatable bonds is 6. The fourth-order valence-electron chi connectivity index (χ4n) is 3.92. The van der Waals surface area contributed by atoms with Crippen LogP contribution < -0.4 is 5.32 Å². The van der Waals surface area contributed by atoms with Crippen molar-refractivity contribution in [2.75, 3.05) is 46.4 Å². The van der Waals surface area contributed by atoms with Crippen LogP contribution in [0.15, 0.2) is 17.4 Å². The Labute approximate surface area is 180 Å². The number of morpholine rings is 1. The van der Waals surface area contributed by atoms with Gasteiger partial charge in [-0.05, 0) is 26.8 Å². The van der Waals surface area contributed by atoms with Gasteiger partial charge in [0.05, 0.1) is 25.9 Å². The van der Waals surface area contributed by atoms with Gasteiger partial charge in [-0.15, -0.1) is 24.0 Å². The van der Waals surface area contributed by atoms with Gasteiger partial charge in [-0.3, -0.25) is 9.67 Å². The molecule has 27 heavy (non-hydrogen) atoms. The highest BCUT2D eigenvalue weighted by Crippen LogP contribution is 2.23. The second-order valence-electron chi connectivity index (χ2n) is 7.41. The lowest BCUT2D eigenvalue weighted by Gasteiger charge is -2.35. The molecule has 1 aromatic heterocycles. The molecule has 8 heteroatoms. The van der Waals surface area contributed by atoms with E-state index in [-0.39, 0.29) is 30.1 Å². The van der Waals surface area contributed by atoms with Gasteiger partial charge in [0.1, 0.15) is 6.10 Å². The first-order valence-corrected chi connectivity index (χ1v) is 10.0. The Hall–Kier alpha value is -0.870. The number of hydrogen-bond donors (Lipinski definition) is 1. The van der Waals surface area contributed by atoms with Crippen LogP contribution in [0.2, 0.25) is 0 Å². The molecule has 1 aromatic rings. The van der Waals surface area contributed by atoms with Gasteiger partial charge in [-0.25, -0.2) is 0 Å². The van der Waals surface area contributed by atoms with E-state index in [1.54, 1.807) is 0 Å². The Morgan fingerprint density at radius 1 is 1.41 bits per heavy atom. The Morgan fingerprint density at radius 3 is 2.85 bits per heavy atom. The Morgan fingerprint density at radius 2 is 2.19 bits per heavy atom. The summed E-state index contributed by atoms with van der Waals surface area (Å²) in [6.07, 6.45) is 9.44. The number of likely N-dealkylation sites (N-methyl/N-ethyl adjacent to an activating group) is 1. The summed E-state index contributed by atoms with van der Waals surface area (Å²) in [5, 5.41) is 7.73. The van der Waals surface area contributed by atoms with E-state index in [4.69, 9.17) is 9.73 Å². The molecular weight excluding hydrogens is 455 g/mol. The van der Waals surface area contributed by atoms with Gasteiger partial charge in [0.2, 0.25) is 0 Å². The van der Waals surface area contributed by atoms with Gasteiger partial charge in [-0.2, -0.15) is 5.10 Å². The average molecular weight is 490 g/mol. The van der Waals surface area contributed by atoms with Crippen LogP contribution >= 0.6 is 24.0 Å².